The van der Waals surface area contributed by atoms with Gasteiger partial charge in [0.05, 0.1) is 5.52 Å². The number of carboxylic acid groups (broad SMARTS) is 1. The number of nitrogens with zero attached hydrogens (tertiary/aromatic N) is 2. The first-order valence-electron chi connectivity index (χ1n) is 6.73. The zero-order valence-corrected chi connectivity index (χ0v) is 11.3. The summed E-state index contributed by atoms with van der Waals surface area (Å²) in [6.07, 6.45) is 0. The number of hydrogen-bond acceptors (Lipinski definition) is 4. The molecule has 20 heavy (non-hydrogen) atoms. The predicted molar refractivity (Wildman–Crippen MR) is 78.1 cm³/mol. The average molecular weight is 271 g/mol. The minimum Gasteiger partial charge on any atom is -0.480 e. The molecule has 1 aromatic carbocycles. The molecule has 1 unspecified atom stereocenters. The van der Waals surface area contributed by atoms with Crippen molar-refractivity contribution < 1.29 is 9.90 Å². The summed E-state index contributed by atoms with van der Waals surface area (Å²) < 4.78 is 0. The van der Waals surface area contributed by atoms with Gasteiger partial charge in [0, 0.05) is 25.0 Å². The second kappa shape index (κ2) is 5.09. The highest BCUT2D eigenvalue weighted by molar-refractivity contribution is 5.84. The van der Waals surface area contributed by atoms with Gasteiger partial charge in [0.2, 0.25) is 0 Å². The fraction of sp³-hybridized carbons (Fsp3) is 0.333. The van der Waals surface area contributed by atoms with Crippen molar-refractivity contribution >= 4 is 22.7 Å². The van der Waals surface area contributed by atoms with Gasteiger partial charge >= 0.3 is 5.97 Å². The van der Waals surface area contributed by atoms with E-state index < -0.39 is 12.0 Å². The number of carboxylic acids is 1. The smallest absolute Gasteiger partial charge is 0.327 e. The Hall–Kier alpha value is -2.14. The number of rotatable bonds is 2. The molecule has 0 amide bonds. The number of aryl methyl sites for hydroxylation is 1. The topological polar surface area (TPSA) is 65.5 Å². The van der Waals surface area contributed by atoms with E-state index in [1.54, 1.807) is 0 Å². The molecule has 1 atom stereocenters. The van der Waals surface area contributed by atoms with E-state index in [0.717, 1.165) is 28.8 Å². The largest absolute Gasteiger partial charge is 0.480 e. The molecule has 5 heteroatoms. The van der Waals surface area contributed by atoms with Crippen LogP contribution in [0.4, 0.5) is 5.82 Å². The van der Waals surface area contributed by atoms with Gasteiger partial charge in [-0.25, -0.2) is 9.78 Å². The van der Waals surface area contributed by atoms with Crippen molar-refractivity contribution in [2.24, 2.45) is 0 Å². The molecule has 3 rings (SSSR count). The third-order valence-electron chi connectivity index (χ3n) is 3.69. The number of carbonyl (C=O) groups is 1. The second-order valence-electron chi connectivity index (χ2n) is 5.07. The lowest BCUT2D eigenvalue weighted by Gasteiger charge is -2.35. The minimum atomic E-state index is -0.813. The van der Waals surface area contributed by atoms with E-state index in [2.05, 4.69) is 16.4 Å². The standard InChI is InChI=1S/C15H17N3O2/c1-10-8-11-4-2-3-5-12(11)17-14(10)18-7-6-16-9-13(18)15(19)20/h2-5,8,13,16H,6-7,9H2,1H3,(H,19,20). The Labute approximate surface area is 117 Å². The molecule has 1 saturated heterocycles. The third kappa shape index (κ3) is 2.20. The van der Waals surface area contributed by atoms with Crippen molar-refractivity contribution in [3.05, 3.63) is 35.9 Å². The summed E-state index contributed by atoms with van der Waals surface area (Å²) in [6.45, 7) is 3.86. The molecule has 0 bridgehead atoms. The van der Waals surface area contributed by atoms with Crippen LogP contribution in [0.3, 0.4) is 0 Å². The third-order valence-corrected chi connectivity index (χ3v) is 3.69. The highest BCUT2D eigenvalue weighted by Crippen LogP contribution is 2.25. The number of piperazine rings is 1. The highest BCUT2D eigenvalue weighted by Gasteiger charge is 2.30. The quantitative estimate of drug-likeness (QED) is 0.864. The number of pyridine rings is 1. The van der Waals surface area contributed by atoms with E-state index in [0.29, 0.717) is 13.1 Å². The van der Waals surface area contributed by atoms with Crippen LogP contribution in [0.2, 0.25) is 0 Å². The molecule has 104 valence electrons. The number of aliphatic carboxylic acids is 1. The first kappa shape index (κ1) is 12.9. The molecular weight excluding hydrogens is 254 g/mol. The van der Waals surface area contributed by atoms with Crippen molar-refractivity contribution in [1.29, 1.82) is 0 Å². The lowest BCUT2D eigenvalue weighted by atomic mass is 10.1. The van der Waals surface area contributed by atoms with Gasteiger partial charge in [0.1, 0.15) is 11.9 Å². The van der Waals surface area contributed by atoms with E-state index in [1.165, 1.54) is 0 Å². The van der Waals surface area contributed by atoms with Gasteiger partial charge in [-0.1, -0.05) is 18.2 Å². The Morgan fingerprint density at radius 2 is 2.25 bits per heavy atom. The van der Waals surface area contributed by atoms with E-state index in [9.17, 15) is 9.90 Å². The summed E-state index contributed by atoms with van der Waals surface area (Å²) in [5.74, 6) is -0.0378. The number of para-hydroxylation sites is 1. The van der Waals surface area contributed by atoms with Gasteiger partial charge in [-0.05, 0) is 24.6 Å². The van der Waals surface area contributed by atoms with Gasteiger partial charge in [0.15, 0.2) is 0 Å². The Bertz CT molecular complexity index is 657. The van der Waals surface area contributed by atoms with Crippen molar-refractivity contribution in [3.8, 4) is 0 Å². The molecule has 5 nitrogen and oxygen atoms in total. The van der Waals surface area contributed by atoms with Gasteiger partial charge in [-0.2, -0.15) is 0 Å². The second-order valence-corrected chi connectivity index (χ2v) is 5.07. The summed E-state index contributed by atoms with van der Waals surface area (Å²) in [5, 5.41) is 13.6. The van der Waals surface area contributed by atoms with Crippen molar-refractivity contribution in [2.45, 2.75) is 13.0 Å². The van der Waals surface area contributed by atoms with Crippen molar-refractivity contribution in [2.75, 3.05) is 24.5 Å². The van der Waals surface area contributed by atoms with Crippen molar-refractivity contribution in [1.82, 2.24) is 10.3 Å². The molecule has 2 N–H and O–H groups in total. The summed E-state index contributed by atoms with van der Waals surface area (Å²) >= 11 is 0. The molecular formula is C15H17N3O2. The predicted octanol–water partition coefficient (Wildman–Crippen LogP) is 1.41. The maximum atomic E-state index is 11.4. The summed E-state index contributed by atoms with van der Waals surface area (Å²) in [5.41, 5.74) is 1.91. The SMILES string of the molecule is Cc1cc2ccccc2nc1N1CCNCC1C(=O)O. The number of fused-ring (bicyclic) bond motifs is 1. The van der Waals surface area contributed by atoms with Crippen LogP contribution < -0.4 is 10.2 Å². The normalized spacial score (nSPS) is 19.2. The fourth-order valence-corrected chi connectivity index (χ4v) is 2.68. The van der Waals surface area contributed by atoms with Crippen molar-refractivity contribution in [3.63, 3.8) is 0 Å². The molecule has 1 fully saturated rings. The maximum Gasteiger partial charge on any atom is 0.327 e. The number of anilines is 1. The average Bonchev–Trinajstić information content (AvgIpc) is 2.46. The van der Waals surface area contributed by atoms with Crippen LogP contribution in [-0.2, 0) is 4.79 Å². The Balaban J connectivity index is 2.07. The van der Waals surface area contributed by atoms with Crippen LogP contribution >= 0.6 is 0 Å². The van der Waals surface area contributed by atoms with Crippen LogP contribution in [0.15, 0.2) is 30.3 Å². The lowest BCUT2D eigenvalue weighted by Crippen LogP contribution is -2.55. The molecule has 1 aliphatic heterocycles. The zero-order chi connectivity index (χ0) is 14.1. The first-order valence-corrected chi connectivity index (χ1v) is 6.73. The van der Waals surface area contributed by atoms with Crippen LogP contribution in [-0.4, -0.2) is 41.7 Å². The molecule has 0 saturated carbocycles. The number of aromatic nitrogens is 1. The van der Waals surface area contributed by atoms with E-state index in [4.69, 9.17) is 0 Å². The first-order chi connectivity index (χ1) is 9.66. The number of nitrogens with one attached hydrogen (secondary N) is 1. The molecule has 2 heterocycles. The Morgan fingerprint density at radius 1 is 1.45 bits per heavy atom. The molecule has 0 radical (unpaired) electrons. The fourth-order valence-electron chi connectivity index (χ4n) is 2.68. The van der Waals surface area contributed by atoms with Gasteiger partial charge < -0.3 is 15.3 Å². The lowest BCUT2D eigenvalue weighted by molar-refractivity contribution is -0.138. The van der Waals surface area contributed by atoms with Crippen LogP contribution in [0.1, 0.15) is 5.56 Å². The summed E-state index contributed by atoms with van der Waals surface area (Å²) in [4.78, 5) is 18.0. The van der Waals surface area contributed by atoms with Crippen LogP contribution in [0.5, 0.6) is 0 Å². The molecule has 1 aromatic heterocycles. The van der Waals surface area contributed by atoms with E-state index >= 15 is 0 Å². The van der Waals surface area contributed by atoms with Gasteiger partial charge in [0.25, 0.3) is 0 Å². The van der Waals surface area contributed by atoms with E-state index in [-0.39, 0.29) is 0 Å². The summed E-state index contributed by atoms with van der Waals surface area (Å²) in [7, 11) is 0. The summed E-state index contributed by atoms with van der Waals surface area (Å²) in [6, 6.07) is 9.41. The monoisotopic (exact) mass is 271 g/mol. The van der Waals surface area contributed by atoms with E-state index in [1.807, 2.05) is 36.1 Å². The highest BCUT2D eigenvalue weighted by atomic mass is 16.4. The molecule has 2 aromatic rings. The minimum absolute atomic E-state index is 0.448. The van der Waals surface area contributed by atoms with Gasteiger partial charge in [-0.15, -0.1) is 0 Å². The number of benzene rings is 1. The van der Waals surface area contributed by atoms with Crippen LogP contribution in [0, 0.1) is 6.92 Å². The molecule has 1 aliphatic rings. The number of hydrogen-bond donors (Lipinski definition) is 2. The maximum absolute atomic E-state index is 11.4. The van der Waals surface area contributed by atoms with Crippen LogP contribution in [0.25, 0.3) is 10.9 Å². The molecule has 0 aliphatic carbocycles. The van der Waals surface area contributed by atoms with Gasteiger partial charge in [-0.3, -0.25) is 0 Å². The zero-order valence-electron chi connectivity index (χ0n) is 11.3. The Kier molecular flexibility index (Phi) is 3.28. The molecule has 0 spiro atoms. The Morgan fingerprint density at radius 3 is 3.05 bits per heavy atom.